The molecule has 0 heterocycles. The third kappa shape index (κ3) is 10.7. The number of carbonyl (C=O) groups excluding carboxylic acids is 1. The second kappa shape index (κ2) is 17.7. The van der Waals surface area contributed by atoms with Crippen LogP contribution >= 0.6 is 11.8 Å². The van der Waals surface area contributed by atoms with E-state index in [0.29, 0.717) is 24.3 Å². The fourth-order valence-corrected chi connectivity index (χ4v) is 7.64. The van der Waals surface area contributed by atoms with Crippen molar-refractivity contribution < 1.29 is 39.7 Å². The average Bonchev–Trinajstić information content (AvgIpc) is 2.99. The minimum atomic E-state index is -1.00. The Bertz CT molecular complexity index is 1160. The number of hydrogen-bond donors (Lipinski definition) is 2. The molecule has 2 aromatic carbocycles. The predicted octanol–water partition coefficient (Wildman–Crippen LogP) is 5.93. The fourth-order valence-electron chi connectivity index (χ4n) is 7.17. The molecule has 0 radical (unpaired) electrons. The normalized spacial score (nSPS) is 17.2. The summed E-state index contributed by atoms with van der Waals surface area (Å²) in [5.74, 6) is 0.797. The Labute approximate surface area is 277 Å². The summed E-state index contributed by atoms with van der Waals surface area (Å²) in [5.41, 5.74) is 4.25. The minimum absolute atomic E-state index is 0. The van der Waals surface area contributed by atoms with Crippen LogP contribution in [0.5, 0.6) is 0 Å². The van der Waals surface area contributed by atoms with Gasteiger partial charge in [-0.2, -0.15) is 11.8 Å². The number of benzene rings is 2. The van der Waals surface area contributed by atoms with E-state index in [1.807, 2.05) is 49.6 Å². The van der Waals surface area contributed by atoms with Gasteiger partial charge in [0.05, 0.1) is 12.2 Å². The van der Waals surface area contributed by atoms with Crippen molar-refractivity contribution in [2.75, 3.05) is 12.0 Å². The van der Waals surface area contributed by atoms with Crippen LogP contribution in [0.15, 0.2) is 42.5 Å². The summed E-state index contributed by atoms with van der Waals surface area (Å²) in [6.45, 7) is 4.90. The molecule has 2 fully saturated rings. The van der Waals surface area contributed by atoms with Crippen molar-refractivity contribution in [3.05, 3.63) is 59.2 Å². The zero-order chi connectivity index (χ0) is 30.0. The first kappa shape index (κ1) is 35.8. The summed E-state index contributed by atoms with van der Waals surface area (Å²) < 4.78 is 6.90. The number of rotatable bonds is 14. The molecule has 4 rings (SSSR count). The molecule has 2 aliphatic carbocycles. The van der Waals surface area contributed by atoms with Crippen LogP contribution in [0.4, 0.5) is 0 Å². The first-order chi connectivity index (χ1) is 20.3. The van der Waals surface area contributed by atoms with Crippen molar-refractivity contribution in [1.82, 2.24) is 5.32 Å². The van der Waals surface area contributed by atoms with E-state index < -0.39 is 12.0 Å². The maximum absolute atomic E-state index is 13.5. The molecule has 0 unspecified atom stereocenters. The smallest absolute Gasteiger partial charge is 1.00 e. The molecule has 0 bridgehead atoms. The van der Waals surface area contributed by atoms with Gasteiger partial charge in [-0.1, -0.05) is 94.5 Å². The van der Waals surface area contributed by atoms with Crippen LogP contribution in [0.1, 0.15) is 113 Å². The molecule has 1 amide bonds. The topological polar surface area (TPSA) is 75.6 Å². The van der Waals surface area contributed by atoms with Gasteiger partial charge in [-0.3, -0.25) is 4.79 Å². The maximum atomic E-state index is 13.5. The molecule has 2 saturated carbocycles. The van der Waals surface area contributed by atoms with Crippen molar-refractivity contribution >= 4 is 23.6 Å². The van der Waals surface area contributed by atoms with Gasteiger partial charge in [0.1, 0.15) is 6.04 Å². The van der Waals surface area contributed by atoms with Crippen molar-refractivity contribution in [2.24, 2.45) is 11.8 Å². The molecule has 0 aromatic heterocycles. The van der Waals surface area contributed by atoms with Crippen molar-refractivity contribution in [2.45, 2.75) is 116 Å². The SMILES string of the molecule is CSCC[C@H](NC(=O)c1ccc(COC(C)(CC2CCCCC2)CC2CCCCC2)cc1-c1ccccc1C)C(=O)O.[H-].[Li+]. The zero-order valence-electron chi connectivity index (χ0n) is 28.0. The molecule has 2 aliphatic rings. The summed E-state index contributed by atoms with van der Waals surface area (Å²) in [7, 11) is 0. The Morgan fingerprint density at radius 2 is 1.58 bits per heavy atom. The first-order valence-electron chi connectivity index (χ1n) is 16.1. The molecular formula is C36H52LiNO4S. The maximum Gasteiger partial charge on any atom is 1.00 e. The van der Waals surface area contributed by atoms with E-state index in [0.717, 1.165) is 46.9 Å². The second-order valence-corrected chi connectivity index (χ2v) is 14.0. The molecule has 7 heteroatoms. The summed E-state index contributed by atoms with van der Waals surface area (Å²) in [6, 6.07) is 13.1. The third-order valence-electron chi connectivity index (χ3n) is 9.46. The van der Waals surface area contributed by atoms with E-state index in [2.05, 4.69) is 18.3 Å². The number of hydrogen-bond acceptors (Lipinski definition) is 4. The predicted molar refractivity (Wildman–Crippen MR) is 175 cm³/mol. The molecule has 1 atom stereocenters. The Morgan fingerprint density at radius 1 is 0.977 bits per heavy atom. The standard InChI is InChI=1S/C36H51NO4S.Li.H/c1-26-12-10-11-17-30(26)32-22-29(18-19-31(32)34(38)37-33(35(39)40)20-21-42-3)25-41-36(2,23-27-13-6-4-7-14-27)24-28-15-8-5-9-16-28;;/h10-12,17-19,22,27-28,33H,4-9,13-16,20-21,23-25H2,1-3H3,(H,37,38)(H,39,40);;/q;+1;-1/t33-;;/m0../s1. The van der Waals surface area contributed by atoms with Crippen molar-refractivity contribution in [3.63, 3.8) is 0 Å². The monoisotopic (exact) mass is 601 g/mol. The first-order valence-corrected chi connectivity index (χ1v) is 17.5. The Balaban J connectivity index is 0.00000337. The number of carboxylic acid groups (broad SMARTS) is 1. The fraction of sp³-hybridized carbons (Fsp3) is 0.611. The molecule has 232 valence electrons. The summed E-state index contributed by atoms with van der Waals surface area (Å²) in [6.07, 6.45) is 17.9. The van der Waals surface area contributed by atoms with E-state index >= 15 is 0 Å². The van der Waals surface area contributed by atoms with Crippen molar-refractivity contribution in [1.29, 1.82) is 0 Å². The second-order valence-electron chi connectivity index (χ2n) is 13.0. The number of amides is 1. The Kier molecular flexibility index (Phi) is 14.7. The van der Waals surface area contributed by atoms with E-state index in [-0.39, 0.29) is 31.8 Å². The number of aliphatic carboxylic acids is 1. The molecule has 0 spiro atoms. The van der Waals surface area contributed by atoms with E-state index in [1.165, 1.54) is 64.2 Å². The van der Waals surface area contributed by atoms with Gasteiger partial charge in [0.15, 0.2) is 0 Å². The van der Waals surface area contributed by atoms with E-state index in [1.54, 1.807) is 11.8 Å². The zero-order valence-corrected chi connectivity index (χ0v) is 27.8. The van der Waals surface area contributed by atoms with Crippen LogP contribution in [0.2, 0.25) is 0 Å². The van der Waals surface area contributed by atoms with Gasteiger partial charge < -0.3 is 16.6 Å². The molecule has 5 nitrogen and oxygen atoms in total. The summed E-state index contributed by atoms with van der Waals surface area (Å²) in [4.78, 5) is 25.3. The molecule has 2 aromatic rings. The Morgan fingerprint density at radius 3 is 2.14 bits per heavy atom. The quantitative estimate of drug-likeness (QED) is 0.263. The van der Waals surface area contributed by atoms with Gasteiger partial charge in [-0.15, -0.1) is 0 Å². The van der Waals surface area contributed by atoms with Gasteiger partial charge in [-0.25, -0.2) is 4.79 Å². The molecule has 43 heavy (non-hydrogen) atoms. The number of thioether (sulfide) groups is 1. The summed E-state index contributed by atoms with van der Waals surface area (Å²) in [5, 5.41) is 12.5. The molecular weight excluding hydrogens is 549 g/mol. The molecule has 0 saturated heterocycles. The van der Waals surface area contributed by atoms with Gasteiger partial charge in [0.2, 0.25) is 0 Å². The van der Waals surface area contributed by atoms with Gasteiger partial charge >= 0.3 is 24.8 Å². The van der Waals surface area contributed by atoms with E-state index in [9.17, 15) is 14.7 Å². The number of nitrogens with one attached hydrogen (secondary N) is 1. The van der Waals surface area contributed by atoms with Crippen LogP contribution in [-0.4, -0.2) is 40.6 Å². The number of carboxylic acids is 1. The van der Waals surface area contributed by atoms with E-state index in [4.69, 9.17) is 4.74 Å². The number of aryl methyl sites for hydroxylation is 1. The van der Waals surface area contributed by atoms with Gasteiger partial charge in [-0.05, 0) is 91.3 Å². The molecule has 0 aliphatic heterocycles. The van der Waals surface area contributed by atoms with Crippen LogP contribution < -0.4 is 24.2 Å². The summed E-state index contributed by atoms with van der Waals surface area (Å²) >= 11 is 1.57. The molecule has 2 N–H and O–H groups in total. The minimum Gasteiger partial charge on any atom is -1.00 e. The van der Waals surface area contributed by atoms with Crippen LogP contribution in [0.3, 0.4) is 0 Å². The average molecular weight is 602 g/mol. The Hall–Kier alpha value is -1.71. The van der Waals surface area contributed by atoms with Crippen LogP contribution in [0, 0.1) is 18.8 Å². The number of ether oxygens (including phenoxy) is 1. The van der Waals surface area contributed by atoms with Crippen molar-refractivity contribution in [3.8, 4) is 11.1 Å². The third-order valence-corrected chi connectivity index (χ3v) is 10.1. The van der Waals surface area contributed by atoms with Gasteiger partial charge in [0.25, 0.3) is 5.91 Å². The van der Waals surface area contributed by atoms with Crippen LogP contribution in [0.25, 0.3) is 11.1 Å². The van der Waals surface area contributed by atoms with Gasteiger partial charge in [0, 0.05) is 5.56 Å². The number of carbonyl (C=O) groups is 2. The largest absolute Gasteiger partial charge is 1.00 e. The van der Waals surface area contributed by atoms with Crippen LogP contribution in [-0.2, 0) is 16.1 Å².